The summed E-state index contributed by atoms with van der Waals surface area (Å²) in [5, 5.41) is 3.13. The van der Waals surface area contributed by atoms with Crippen molar-refractivity contribution < 1.29 is 13.2 Å². The minimum absolute atomic E-state index is 0.135. The molecule has 0 unspecified atom stereocenters. The van der Waals surface area contributed by atoms with Crippen LogP contribution in [0, 0.1) is 0 Å². The minimum Gasteiger partial charge on any atom is -0.325 e. The second-order valence-electron chi connectivity index (χ2n) is 5.23. The van der Waals surface area contributed by atoms with Gasteiger partial charge in [-0.05, 0) is 37.3 Å². The van der Waals surface area contributed by atoms with E-state index in [1.165, 1.54) is 38.0 Å². The molecule has 0 aliphatic rings. The summed E-state index contributed by atoms with van der Waals surface area (Å²) >= 11 is 1.34. The molecule has 8 heteroatoms. The molecular formula is C16H19N3O3S2. The van der Waals surface area contributed by atoms with E-state index >= 15 is 0 Å². The average Bonchev–Trinajstić information content (AvgIpc) is 2.55. The van der Waals surface area contributed by atoms with Gasteiger partial charge in [0.05, 0.1) is 15.2 Å². The molecular weight excluding hydrogens is 346 g/mol. The Morgan fingerprint density at radius 1 is 1.21 bits per heavy atom. The van der Waals surface area contributed by atoms with Crippen LogP contribution in [-0.2, 0) is 14.8 Å². The van der Waals surface area contributed by atoms with E-state index in [1.54, 1.807) is 25.3 Å². The first-order valence-electron chi connectivity index (χ1n) is 7.22. The Balaban J connectivity index is 2.09. The van der Waals surface area contributed by atoms with E-state index in [1.807, 2.05) is 18.2 Å². The Morgan fingerprint density at radius 3 is 2.58 bits per heavy atom. The lowest BCUT2D eigenvalue weighted by molar-refractivity contribution is -0.115. The highest BCUT2D eigenvalue weighted by Crippen LogP contribution is 2.23. The molecule has 0 aliphatic heterocycles. The predicted molar refractivity (Wildman–Crippen MR) is 95.5 cm³/mol. The third-order valence-electron chi connectivity index (χ3n) is 3.18. The van der Waals surface area contributed by atoms with Gasteiger partial charge in [0.15, 0.2) is 0 Å². The van der Waals surface area contributed by atoms with E-state index in [2.05, 4.69) is 10.3 Å². The number of nitrogens with one attached hydrogen (secondary N) is 1. The van der Waals surface area contributed by atoms with Crippen molar-refractivity contribution in [2.24, 2.45) is 0 Å². The van der Waals surface area contributed by atoms with Crippen LogP contribution in [0.2, 0.25) is 0 Å². The van der Waals surface area contributed by atoms with Crippen LogP contribution in [0.1, 0.15) is 6.92 Å². The standard InChI is InChI=1S/C16H19N3O3S2/c1-12(23-15-9-4-5-10-17-15)16(20)18-13-7-6-8-14(11-13)24(21,22)19(2)3/h4-12H,1-3H3,(H,18,20)/t12-/m1/s1. The zero-order valence-electron chi connectivity index (χ0n) is 13.6. The Kier molecular flexibility index (Phi) is 5.98. The second-order valence-corrected chi connectivity index (χ2v) is 8.75. The van der Waals surface area contributed by atoms with Gasteiger partial charge in [0.1, 0.15) is 0 Å². The molecule has 1 heterocycles. The van der Waals surface area contributed by atoms with Crippen LogP contribution in [0.4, 0.5) is 5.69 Å². The molecule has 1 amide bonds. The fourth-order valence-corrected chi connectivity index (χ4v) is 3.60. The van der Waals surface area contributed by atoms with Crippen LogP contribution in [0.15, 0.2) is 58.6 Å². The molecule has 24 heavy (non-hydrogen) atoms. The number of anilines is 1. The van der Waals surface area contributed by atoms with E-state index in [0.29, 0.717) is 5.69 Å². The van der Waals surface area contributed by atoms with Crippen molar-refractivity contribution in [3.8, 4) is 0 Å². The molecule has 128 valence electrons. The van der Waals surface area contributed by atoms with E-state index in [-0.39, 0.29) is 16.1 Å². The van der Waals surface area contributed by atoms with Crippen molar-refractivity contribution in [3.05, 3.63) is 48.7 Å². The zero-order valence-corrected chi connectivity index (χ0v) is 15.3. The third-order valence-corrected chi connectivity index (χ3v) is 6.05. The van der Waals surface area contributed by atoms with E-state index in [0.717, 1.165) is 9.33 Å². The zero-order chi connectivity index (χ0) is 17.7. The van der Waals surface area contributed by atoms with E-state index in [9.17, 15) is 13.2 Å². The number of rotatable bonds is 6. The van der Waals surface area contributed by atoms with Gasteiger partial charge in [0.2, 0.25) is 15.9 Å². The smallest absolute Gasteiger partial charge is 0.242 e. The van der Waals surface area contributed by atoms with E-state index < -0.39 is 10.0 Å². The molecule has 1 aromatic heterocycles. The van der Waals surface area contributed by atoms with Crippen LogP contribution in [0.5, 0.6) is 0 Å². The normalized spacial score (nSPS) is 12.8. The molecule has 1 atom stereocenters. The van der Waals surface area contributed by atoms with Gasteiger partial charge in [-0.3, -0.25) is 4.79 Å². The lowest BCUT2D eigenvalue weighted by Crippen LogP contribution is -2.24. The summed E-state index contributed by atoms with van der Waals surface area (Å²) in [5.41, 5.74) is 0.441. The van der Waals surface area contributed by atoms with E-state index in [4.69, 9.17) is 0 Å². The van der Waals surface area contributed by atoms with Gasteiger partial charge in [0.25, 0.3) is 0 Å². The van der Waals surface area contributed by atoms with Crippen molar-refractivity contribution in [2.75, 3.05) is 19.4 Å². The van der Waals surface area contributed by atoms with Crippen molar-refractivity contribution in [3.63, 3.8) is 0 Å². The third kappa shape index (κ3) is 4.56. The number of benzene rings is 1. The molecule has 0 saturated heterocycles. The largest absolute Gasteiger partial charge is 0.325 e. The molecule has 1 N–H and O–H groups in total. The molecule has 0 saturated carbocycles. The molecule has 0 fully saturated rings. The first-order chi connectivity index (χ1) is 11.3. The first-order valence-corrected chi connectivity index (χ1v) is 9.54. The monoisotopic (exact) mass is 365 g/mol. The molecule has 1 aromatic carbocycles. The fraction of sp³-hybridized carbons (Fsp3) is 0.250. The van der Waals surface area contributed by atoms with Gasteiger partial charge in [-0.15, -0.1) is 0 Å². The highest BCUT2D eigenvalue weighted by molar-refractivity contribution is 8.00. The second kappa shape index (κ2) is 7.78. The Hall–Kier alpha value is -1.90. The molecule has 6 nitrogen and oxygen atoms in total. The van der Waals surface area contributed by atoms with Crippen LogP contribution in [0.3, 0.4) is 0 Å². The van der Waals surface area contributed by atoms with Crippen molar-refractivity contribution >= 4 is 33.4 Å². The summed E-state index contributed by atoms with van der Waals surface area (Å²) in [6.07, 6.45) is 1.67. The SMILES string of the molecule is C[C@@H](Sc1ccccn1)C(=O)Nc1cccc(S(=O)(=O)N(C)C)c1. The highest BCUT2D eigenvalue weighted by Gasteiger charge is 2.19. The number of hydrogen-bond acceptors (Lipinski definition) is 5. The Morgan fingerprint density at radius 2 is 1.96 bits per heavy atom. The summed E-state index contributed by atoms with van der Waals surface area (Å²) in [6.45, 7) is 1.77. The Bertz CT molecular complexity index is 808. The number of carbonyl (C=O) groups excluding carboxylic acids is 1. The maximum atomic E-state index is 12.3. The molecule has 0 spiro atoms. The minimum atomic E-state index is -3.54. The lowest BCUT2D eigenvalue weighted by atomic mass is 10.3. The molecule has 2 rings (SSSR count). The van der Waals surface area contributed by atoms with Gasteiger partial charge >= 0.3 is 0 Å². The highest BCUT2D eigenvalue weighted by atomic mass is 32.2. The van der Waals surface area contributed by atoms with Crippen LogP contribution in [0.25, 0.3) is 0 Å². The number of nitrogens with zero attached hydrogens (tertiary/aromatic N) is 2. The number of carbonyl (C=O) groups is 1. The summed E-state index contributed by atoms with van der Waals surface area (Å²) in [4.78, 5) is 16.6. The summed E-state index contributed by atoms with van der Waals surface area (Å²) in [5.74, 6) is -0.218. The Labute approximate surface area is 146 Å². The number of aromatic nitrogens is 1. The summed E-state index contributed by atoms with van der Waals surface area (Å²) in [7, 11) is -0.608. The van der Waals surface area contributed by atoms with Crippen molar-refractivity contribution in [1.29, 1.82) is 0 Å². The van der Waals surface area contributed by atoms with Crippen molar-refractivity contribution in [2.45, 2.75) is 22.1 Å². The average molecular weight is 365 g/mol. The lowest BCUT2D eigenvalue weighted by Gasteiger charge is -2.14. The number of pyridine rings is 1. The molecule has 0 bridgehead atoms. The molecule has 2 aromatic rings. The van der Waals surface area contributed by atoms with Gasteiger partial charge in [0, 0.05) is 26.0 Å². The van der Waals surface area contributed by atoms with Crippen molar-refractivity contribution in [1.82, 2.24) is 9.29 Å². The predicted octanol–water partition coefficient (Wildman–Crippen LogP) is 2.45. The topological polar surface area (TPSA) is 79.4 Å². The fourth-order valence-electron chi connectivity index (χ4n) is 1.84. The number of amides is 1. The number of hydrogen-bond donors (Lipinski definition) is 1. The first kappa shape index (κ1) is 18.4. The number of sulfonamides is 1. The maximum absolute atomic E-state index is 12.3. The summed E-state index contributed by atoms with van der Waals surface area (Å²) < 4.78 is 25.4. The summed E-state index contributed by atoms with van der Waals surface area (Å²) in [6, 6.07) is 11.7. The maximum Gasteiger partial charge on any atom is 0.242 e. The van der Waals surface area contributed by atoms with Gasteiger partial charge in [-0.2, -0.15) is 0 Å². The van der Waals surface area contributed by atoms with Crippen LogP contribution >= 0.6 is 11.8 Å². The van der Waals surface area contributed by atoms with Gasteiger partial charge in [-0.1, -0.05) is 23.9 Å². The van der Waals surface area contributed by atoms with Crippen LogP contribution < -0.4 is 5.32 Å². The van der Waals surface area contributed by atoms with Crippen LogP contribution in [-0.4, -0.2) is 43.0 Å². The quantitative estimate of drug-likeness (QED) is 0.796. The number of thioether (sulfide) groups is 1. The molecule has 0 aliphatic carbocycles. The van der Waals surface area contributed by atoms with Gasteiger partial charge in [-0.25, -0.2) is 17.7 Å². The van der Waals surface area contributed by atoms with Gasteiger partial charge < -0.3 is 5.32 Å². The molecule has 0 radical (unpaired) electrons.